The predicted molar refractivity (Wildman–Crippen MR) is 51.1 cm³/mol. The fourth-order valence-electron chi connectivity index (χ4n) is 2.07. The Bertz CT molecular complexity index is 145. The van der Waals surface area contributed by atoms with Crippen LogP contribution in [0, 0.1) is 5.92 Å². The van der Waals surface area contributed by atoms with Gasteiger partial charge in [-0.1, -0.05) is 6.92 Å². The average molecular weight is 171 g/mol. The number of aliphatic hydroxyl groups excluding tert-OH is 1. The van der Waals surface area contributed by atoms with E-state index in [4.69, 9.17) is 5.11 Å². The van der Waals surface area contributed by atoms with Crippen molar-refractivity contribution in [2.75, 3.05) is 19.7 Å². The second kappa shape index (κ2) is 3.75. The van der Waals surface area contributed by atoms with Crippen LogP contribution in [0.25, 0.3) is 0 Å². The highest BCUT2D eigenvalue weighted by molar-refractivity contribution is 4.87. The van der Waals surface area contributed by atoms with Crippen LogP contribution in [0.3, 0.4) is 0 Å². The molecule has 1 N–H and O–H groups in total. The van der Waals surface area contributed by atoms with Gasteiger partial charge in [0.05, 0.1) is 0 Å². The van der Waals surface area contributed by atoms with Gasteiger partial charge in [0.25, 0.3) is 0 Å². The summed E-state index contributed by atoms with van der Waals surface area (Å²) in [7, 11) is 0. The molecule has 1 fully saturated rings. The molecule has 1 saturated heterocycles. The van der Waals surface area contributed by atoms with Gasteiger partial charge < -0.3 is 5.11 Å². The van der Waals surface area contributed by atoms with Crippen molar-refractivity contribution >= 4 is 0 Å². The molecular formula is C10H21NO. The second-order valence-corrected chi connectivity index (χ2v) is 4.44. The zero-order valence-corrected chi connectivity index (χ0v) is 8.51. The predicted octanol–water partition coefficient (Wildman–Crippen LogP) is 1.49. The molecule has 0 bridgehead atoms. The van der Waals surface area contributed by atoms with Crippen LogP contribution in [-0.2, 0) is 0 Å². The van der Waals surface area contributed by atoms with Crippen molar-refractivity contribution in [1.29, 1.82) is 0 Å². The second-order valence-electron chi connectivity index (χ2n) is 4.44. The number of nitrogens with zero attached hydrogens (tertiary/aromatic N) is 1. The minimum Gasteiger partial charge on any atom is -0.396 e. The van der Waals surface area contributed by atoms with Crippen LogP contribution in [0.1, 0.15) is 33.6 Å². The highest BCUT2D eigenvalue weighted by Crippen LogP contribution is 2.29. The number of likely N-dealkylation sites (tertiary alicyclic amines) is 1. The Labute approximate surface area is 75.6 Å². The first kappa shape index (κ1) is 10.0. The maximum absolute atomic E-state index is 9.05. The number of piperidine rings is 1. The standard InChI is InChI=1S/C10H21NO/c1-4-11-7-9(8-12)5-6-10(11,2)3/h9,12H,4-8H2,1-3H3. The Morgan fingerprint density at radius 3 is 2.67 bits per heavy atom. The quantitative estimate of drug-likeness (QED) is 0.680. The number of hydrogen-bond donors (Lipinski definition) is 1. The van der Waals surface area contributed by atoms with Crippen LogP contribution >= 0.6 is 0 Å². The van der Waals surface area contributed by atoms with Crippen LogP contribution in [0.4, 0.5) is 0 Å². The summed E-state index contributed by atoms with van der Waals surface area (Å²) in [6, 6.07) is 0. The lowest BCUT2D eigenvalue weighted by Crippen LogP contribution is -2.50. The molecular weight excluding hydrogens is 150 g/mol. The fraction of sp³-hybridized carbons (Fsp3) is 1.00. The summed E-state index contributed by atoms with van der Waals surface area (Å²) >= 11 is 0. The van der Waals surface area contributed by atoms with E-state index < -0.39 is 0 Å². The van der Waals surface area contributed by atoms with Crippen LogP contribution in [0.5, 0.6) is 0 Å². The van der Waals surface area contributed by atoms with Gasteiger partial charge in [-0.3, -0.25) is 4.90 Å². The smallest absolute Gasteiger partial charge is 0.0471 e. The molecule has 0 spiro atoms. The zero-order chi connectivity index (χ0) is 9.19. The van der Waals surface area contributed by atoms with Crippen molar-refractivity contribution in [3.05, 3.63) is 0 Å². The largest absolute Gasteiger partial charge is 0.396 e. The summed E-state index contributed by atoms with van der Waals surface area (Å²) in [6.07, 6.45) is 2.39. The first-order valence-corrected chi connectivity index (χ1v) is 4.96. The molecule has 1 aliphatic rings. The summed E-state index contributed by atoms with van der Waals surface area (Å²) in [6.45, 7) is 9.31. The molecule has 12 heavy (non-hydrogen) atoms. The monoisotopic (exact) mass is 171 g/mol. The van der Waals surface area contributed by atoms with Gasteiger partial charge in [-0.05, 0) is 39.2 Å². The molecule has 0 aliphatic carbocycles. The minimum absolute atomic E-state index is 0.348. The molecule has 0 saturated carbocycles. The van der Waals surface area contributed by atoms with Crippen LogP contribution in [0.15, 0.2) is 0 Å². The lowest BCUT2D eigenvalue weighted by atomic mass is 9.85. The summed E-state index contributed by atoms with van der Waals surface area (Å²) in [5, 5.41) is 9.05. The van der Waals surface area contributed by atoms with Crippen molar-refractivity contribution in [2.45, 2.75) is 39.2 Å². The lowest BCUT2D eigenvalue weighted by molar-refractivity contribution is 0.0305. The summed E-state index contributed by atoms with van der Waals surface area (Å²) in [5.41, 5.74) is 0.348. The minimum atomic E-state index is 0.348. The fourth-order valence-corrected chi connectivity index (χ4v) is 2.07. The van der Waals surface area contributed by atoms with Gasteiger partial charge in [-0.25, -0.2) is 0 Å². The molecule has 0 aromatic heterocycles. The topological polar surface area (TPSA) is 23.5 Å². The maximum atomic E-state index is 9.05. The first-order chi connectivity index (χ1) is 5.60. The third-order valence-corrected chi connectivity index (χ3v) is 3.14. The van der Waals surface area contributed by atoms with Gasteiger partial charge >= 0.3 is 0 Å². The Balaban J connectivity index is 2.54. The van der Waals surface area contributed by atoms with E-state index in [1.54, 1.807) is 0 Å². The van der Waals surface area contributed by atoms with E-state index in [0.717, 1.165) is 13.1 Å². The molecule has 0 radical (unpaired) electrons. The van der Waals surface area contributed by atoms with Crippen molar-refractivity contribution in [1.82, 2.24) is 4.90 Å². The molecule has 2 nitrogen and oxygen atoms in total. The van der Waals surface area contributed by atoms with Crippen molar-refractivity contribution in [2.24, 2.45) is 5.92 Å². The zero-order valence-electron chi connectivity index (χ0n) is 8.51. The van der Waals surface area contributed by atoms with Crippen molar-refractivity contribution < 1.29 is 5.11 Å². The number of hydrogen-bond acceptors (Lipinski definition) is 2. The van der Waals surface area contributed by atoms with Gasteiger partial charge in [0.15, 0.2) is 0 Å². The van der Waals surface area contributed by atoms with E-state index in [1.165, 1.54) is 12.8 Å². The summed E-state index contributed by atoms with van der Waals surface area (Å²) in [5.74, 6) is 0.512. The van der Waals surface area contributed by atoms with Gasteiger partial charge in [-0.2, -0.15) is 0 Å². The molecule has 1 heterocycles. The molecule has 2 heteroatoms. The number of rotatable bonds is 2. The summed E-state index contributed by atoms with van der Waals surface area (Å²) in [4.78, 5) is 2.47. The Morgan fingerprint density at radius 2 is 2.17 bits per heavy atom. The highest BCUT2D eigenvalue weighted by atomic mass is 16.3. The van der Waals surface area contributed by atoms with Crippen molar-refractivity contribution in [3.8, 4) is 0 Å². The van der Waals surface area contributed by atoms with E-state index in [2.05, 4.69) is 25.7 Å². The molecule has 1 atom stereocenters. The van der Waals surface area contributed by atoms with E-state index in [9.17, 15) is 0 Å². The van der Waals surface area contributed by atoms with E-state index in [0.29, 0.717) is 18.1 Å². The van der Waals surface area contributed by atoms with E-state index in [1.807, 2.05) is 0 Å². The Morgan fingerprint density at radius 1 is 1.50 bits per heavy atom. The molecule has 1 aliphatic heterocycles. The third-order valence-electron chi connectivity index (χ3n) is 3.14. The molecule has 1 rings (SSSR count). The van der Waals surface area contributed by atoms with Crippen LogP contribution < -0.4 is 0 Å². The Kier molecular flexibility index (Phi) is 3.13. The highest BCUT2D eigenvalue weighted by Gasteiger charge is 2.32. The van der Waals surface area contributed by atoms with Gasteiger partial charge in [0, 0.05) is 18.7 Å². The Hall–Kier alpha value is -0.0800. The maximum Gasteiger partial charge on any atom is 0.0471 e. The SMILES string of the molecule is CCN1CC(CO)CCC1(C)C. The molecule has 0 aromatic rings. The normalized spacial score (nSPS) is 30.5. The van der Waals surface area contributed by atoms with E-state index >= 15 is 0 Å². The van der Waals surface area contributed by atoms with Gasteiger partial charge in [0.2, 0.25) is 0 Å². The lowest BCUT2D eigenvalue weighted by Gasteiger charge is -2.44. The molecule has 0 amide bonds. The van der Waals surface area contributed by atoms with Gasteiger partial charge in [0.1, 0.15) is 0 Å². The van der Waals surface area contributed by atoms with Crippen LogP contribution in [-0.4, -0.2) is 35.2 Å². The number of aliphatic hydroxyl groups is 1. The third kappa shape index (κ3) is 1.99. The van der Waals surface area contributed by atoms with Crippen molar-refractivity contribution in [3.63, 3.8) is 0 Å². The van der Waals surface area contributed by atoms with E-state index in [-0.39, 0.29) is 0 Å². The molecule has 0 aromatic carbocycles. The molecule has 1 unspecified atom stereocenters. The summed E-state index contributed by atoms with van der Waals surface area (Å²) < 4.78 is 0. The van der Waals surface area contributed by atoms with Gasteiger partial charge in [-0.15, -0.1) is 0 Å². The molecule has 72 valence electrons. The first-order valence-electron chi connectivity index (χ1n) is 4.96. The van der Waals surface area contributed by atoms with Crippen LogP contribution in [0.2, 0.25) is 0 Å². The average Bonchev–Trinajstić information content (AvgIpc) is 2.04.